The highest BCUT2D eigenvalue weighted by Gasteiger charge is 2.22. The molecule has 21 heavy (non-hydrogen) atoms. The van der Waals surface area contributed by atoms with Crippen LogP contribution >= 0.6 is 0 Å². The van der Waals surface area contributed by atoms with E-state index >= 15 is 0 Å². The van der Waals surface area contributed by atoms with Crippen LogP contribution in [0.4, 0.5) is 0 Å². The summed E-state index contributed by atoms with van der Waals surface area (Å²) in [6.07, 6.45) is 4.79. The number of hydrogen-bond donors (Lipinski definition) is 3. The standard InChI is InChI=1S/C15H25N5O/c1-11-4-2-3-8-20(11)9-7-17-15(21)14-12-10-16-6-5-13(12)18-19-14/h11,16H,2-10H2,1H3,(H,17,21)(H,18,19). The molecule has 1 amide bonds. The molecule has 3 N–H and O–H groups in total. The number of aromatic amines is 1. The number of rotatable bonds is 4. The summed E-state index contributed by atoms with van der Waals surface area (Å²) in [5.74, 6) is -0.0548. The van der Waals surface area contributed by atoms with Crippen molar-refractivity contribution in [2.75, 3.05) is 26.2 Å². The molecule has 0 radical (unpaired) electrons. The predicted molar refractivity (Wildman–Crippen MR) is 81.2 cm³/mol. The molecule has 2 aliphatic heterocycles. The molecule has 0 bridgehead atoms. The van der Waals surface area contributed by atoms with Gasteiger partial charge in [0.25, 0.3) is 5.91 Å². The smallest absolute Gasteiger partial charge is 0.272 e. The van der Waals surface area contributed by atoms with E-state index in [9.17, 15) is 4.79 Å². The lowest BCUT2D eigenvalue weighted by Crippen LogP contribution is -2.42. The Morgan fingerprint density at radius 2 is 2.38 bits per heavy atom. The molecule has 0 aromatic carbocycles. The Morgan fingerprint density at radius 1 is 1.48 bits per heavy atom. The fraction of sp³-hybridized carbons (Fsp3) is 0.733. The van der Waals surface area contributed by atoms with Gasteiger partial charge in [0.2, 0.25) is 0 Å². The van der Waals surface area contributed by atoms with Crippen molar-refractivity contribution in [3.05, 3.63) is 17.0 Å². The molecule has 1 aromatic rings. The molecule has 1 aromatic heterocycles. The van der Waals surface area contributed by atoms with Gasteiger partial charge in [0.1, 0.15) is 0 Å². The van der Waals surface area contributed by atoms with Crippen molar-refractivity contribution in [2.24, 2.45) is 0 Å². The molecule has 0 aliphatic carbocycles. The Kier molecular flexibility index (Phi) is 4.55. The number of piperidine rings is 1. The number of fused-ring (bicyclic) bond motifs is 1. The molecule has 1 fully saturated rings. The Bertz CT molecular complexity index is 498. The number of nitrogens with one attached hydrogen (secondary N) is 3. The molecular weight excluding hydrogens is 266 g/mol. The van der Waals surface area contributed by atoms with Gasteiger partial charge in [0.15, 0.2) is 5.69 Å². The Morgan fingerprint density at radius 3 is 3.24 bits per heavy atom. The molecule has 116 valence electrons. The zero-order chi connectivity index (χ0) is 14.7. The van der Waals surface area contributed by atoms with Crippen LogP contribution in [0.25, 0.3) is 0 Å². The molecule has 0 saturated carbocycles. The number of H-pyrrole nitrogens is 1. The third-order valence-corrected chi connectivity index (χ3v) is 4.65. The van der Waals surface area contributed by atoms with Gasteiger partial charge < -0.3 is 10.6 Å². The van der Waals surface area contributed by atoms with Crippen molar-refractivity contribution in [1.29, 1.82) is 0 Å². The first-order valence-electron chi connectivity index (χ1n) is 8.05. The van der Waals surface area contributed by atoms with Crippen molar-refractivity contribution >= 4 is 5.91 Å². The van der Waals surface area contributed by atoms with E-state index in [-0.39, 0.29) is 5.91 Å². The summed E-state index contributed by atoms with van der Waals surface area (Å²) in [7, 11) is 0. The minimum Gasteiger partial charge on any atom is -0.349 e. The van der Waals surface area contributed by atoms with Gasteiger partial charge in [0.05, 0.1) is 0 Å². The van der Waals surface area contributed by atoms with Crippen molar-refractivity contribution < 1.29 is 4.79 Å². The van der Waals surface area contributed by atoms with Gasteiger partial charge in [-0.15, -0.1) is 0 Å². The highest BCUT2D eigenvalue weighted by molar-refractivity contribution is 5.94. The number of likely N-dealkylation sites (tertiary alicyclic amines) is 1. The largest absolute Gasteiger partial charge is 0.349 e. The number of carbonyl (C=O) groups is 1. The van der Waals surface area contributed by atoms with Gasteiger partial charge in [0, 0.05) is 49.9 Å². The van der Waals surface area contributed by atoms with Crippen LogP contribution < -0.4 is 10.6 Å². The molecule has 3 heterocycles. The second-order valence-corrected chi connectivity index (χ2v) is 6.09. The first-order chi connectivity index (χ1) is 10.3. The maximum Gasteiger partial charge on any atom is 0.272 e. The molecule has 0 spiro atoms. The highest BCUT2D eigenvalue weighted by Crippen LogP contribution is 2.16. The molecular formula is C15H25N5O. The number of carbonyl (C=O) groups excluding carboxylic acids is 1. The van der Waals surface area contributed by atoms with Gasteiger partial charge in [-0.2, -0.15) is 5.10 Å². The second-order valence-electron chi connectivity index (χ2n) is 6.09. The summed E-state index contributed by atoms with van der Waals surface area (Å²) >= 11 is 0. The lowest BCUT2D eigenvalue weighted by atomic mass is 10.0. The second kappa shape index (κ2) is 6.58. The molecule has 1 unspecified atom stereocenters. The average molecular weight is 291 g/mol. The zero-order valence-corrected chi connectivity index (χ0v) is 12.7. The van der Waals surface area contributed by atoms with Gasteiger partial charge in [-0.3, -0.25) is 14.8 Å². The third kappa shape index (κ3) is 3.27. The normalized spacial score (nSPS) is 22.8. The molecule has 6 nitrogen and oxygen atoms in total. The minimum atomic E-state index is -0.0548. The Balaban J connectivity index is 1.51. The van der Waals surface area contributed by atoms with Crippen LogP contribution in [-0.4, -0.2) is 53.2 Å². The van der Waals surface area contributed by atoms with Gasteiger partial charge in [-0.25, -0.2) is 0 Å². The van der Waals surface area contributed by atoms with E-state index in [2.05, 4.69) is 32.7 Å². The number of aromatic nitrogens is 2. The molecule has 2 aliphatic rings. The van der Waals surface area contributed by atoms with E-state index in [1.54, 1.807) is 0 Å². The topological polar surface area (TPSA) is 73.0 Å². The van der Waals surface area contributed by atoms with Crippen molar-refractivity contribution in [3.8, 4) is 0 Å². The fourth-order valence-electron chi connectivity index (χ4n) is 3.30. The molecule has 1 saturated heterocycles. The van der Waals surface area contributed by atoms with Crippen LogP contribution in [0.5, 0.6) is 0 Å². The summed E-state index contributed by atoms with van der Waals surface area (Å²) in [5.41, 5.74) is 2.69. The van der Waals surface area contributed by atoms with E-state index in [1.807, 2.05) is 0 Å². The Hall–Kier alpha value is -1.40. The molecule has 6 heteroatoms. The van der Waals surface area contributed by atoms with Crippen molar-refractivity contribution in [3.63, 3.8) is 0 Å². The van der Waals surface area contributed by atoms with Gasteiger partial charge in [-0.1, -0.05) is 6.42 Å². The van der Waals surface area contributed by atoms with Crippen LogP contribution in [0, 0.1) is 0 Å². The SMILES string of the molecule is CC1CCCCN1CCNC(=O)c1n[nH]c2c1CNCC2. The summed E-state index contributed by atoms with van der Waals surface area (Å²) < 4.78 is 0. The summed E-state index contributed by atoms with van der Waals surface area (Å²) in [6, 6.07) is 0.637. The number of hydrogen-bond acceptors (Lipinski definition) is 4. The third-order valence-electron chi connectivity index (χ3n) is 4.65. The van der Waals surface area contributed by atoms with E-state index in [4.69, 9.17) is 0 Å². The van der Waals surface area contributed by atoms with Crippen LogP contribution in [0.1, 0.15) is 47.9 Å². The summed E-state index contributed by atoms with van der Waals surface area (Å²) in [5, 5.41) is 13.5. The van der Waals surface area contributed by atoms with E-state index in [1.165, 1.54) is 19.3 Å². The maximum atomic E-state index is 12.3. The predicted octanol–water partition coefficient (Wildman–Crippen LogP) is 0.660. The summed E-state index contributed by atoms with van der Waals surface area (Å²) in [4.78, 5) is 14.7. The first kappa shape index (κ1) is 14.5. The fourth-order valence-corrected chi connectivity index (χ4v) is 3.30. The van der Waals surface area contributed by atoms with Crippen LogP contribution in [0.3, 0.4) is 0 Å². The van der Waals surface area contributed by atoms with Crippen LogP contribution in [0.15, 0.2) is 0 Å². The van der Waals surface area contributed by atoms with E-state index < -0.39 is 0 Å². The quantitative estimate of drug-likeness (QED) is 0.762. The molecule has 1 atom stereocenters. The first-order valence-corrected chi connectivity index (χ1v) is 8.05. The van der Waals surface area contributed by atoms with Crippen LogP contribution in [0.2, 0.25) is 0 Å². The van der Waals surface area contributed by atoms with Crippen molar-refractivity contribution in [2.45, 2.75) is 45.2 Å². The zero-order valence-electron chi connectivity index (χ0n) is 12.7. The van der Waals surface area contributed by atoms with E-state index in [0.717, 1.165) is 43.9 Å². The summed E-state index contributed by atoms with van der Waals surface area (Å²) in [6.45, 7) is 6.73. The molecule has 3 rings (SSSR count). The number of amides is 1. The monoisotopic (exact) mass is 291 g/mol. The van der Waals surface area contributed by atoms with Gasteiger partial charge in [-0.05, 0) is 26.3 Å². The van der Waals surface area contributed by atoms with E-state index in [0.29, 0.717) is 18.3 Å². The van der Waals surface area contributed by atoms with Gasteiger partial charge >= 0.3 is 0 Å². The van der Waals surface area contributed by atoms with Crippen molar-refractivity contribution in [1.82, 2.24) is 25.7 Å². The average Bonchev–Trinajstić information content (AvgIpc) is 2.93. The minimum absolute atomic E-state index is 0.0548. The van der Waals surface area contributed by atoms with Crippen LogP contribution in [-0.2, 0) is 13.0 Å². The Labute approximate surface area is 125 Å². The lowest BCUT2D eigenvalue weighted by molar-refractivity contribution is 0.0932. The lowest BCUT2D eigenvalue weighted by Gasteiger charge is -2.33. The number of nitrogens with zero attached hydrogens (tertiary/aromatic N) is 2. The maximum absolute atomic E-state index is 12.3. The highest BCUT2D eigenvalue weighted by atomic mass is 16.1.